The summed E-state index contributed by atoms with van der Waals surface area (Å²) in [5.41, 5.74) is 1.79. The summed E-state index contributed by atoms with van der Waals surface area (Å²) in [6.07, 6.45) is 1.18. The van der Waals surface area contributed by atoms with E-state index in [1.165, 1.54) is 0 Å². The van der Waals surface area contributed by atoms with Crippen molar-refractivity contribution in [1.29, 1.82) is 0 Å². The Balaban J connectivity index is 2.20. The number of halogens is 1. The van der Waals surface area contributed by atoms with Gasteiger partial charge in [-0.15, -0.1) is 0 Å². The van der Waals surface area contributed by atoms with Crippen LogP contribution in [-0.2, 0) is 0 Å². The van der Waals surface area contributed by atoms with E-state index in [4.69, 9.17) is 4.74 Å². The molecule has 1 N–H and O–H groups in total. The Kier molecular flexibility index (Phi) is 3.99. The highest BCUT2D eigenvalue weighted by Crippen LogP contribution is 2.29. The van der Waals surface area contributed by atoms with Crippen LogP contribution in [0, 0.1) is 6.92 Å². The van der Waals surface area contributed by atoms with Gasteiger partial charge < -0.3 is 9.84 Å². The van der Waals surface area contributed by atoms with Crippen molar-refractivity contribution in [3.63, 3.8) is 0 Å². The van der Waals surface area contributed by atoms with E-state index in [-0.39, 0.29) is 0 Å². The van der Waals surface area contributed by atoms with Crippen LogP contribution in [0.4, 0.5) is 0 Å². The zero-order chi connectivity index (χ0) is 13.1. The summed E-state index contributed by atoms with van der Waals surface area (Å²) in [6, 6.07) is 9.27. The number of aryl methyl sites for hydroxylation is 1. The fraction of sp³-hybridized carbons (Fsp3) is 0.214. The average Bonchev–Trinajstić information content (AvgIpc) is 2.32. The zero-order valence-corrected chi connectivity index (χ0v) is 11.8. The number of benzene rings is 1. The molecule has 0 unspecified atom stereocenters. The molecule has 1 aromatic carbocycles. The zero-order valence-electron chi connectivity index (χ0n) is 10.2. The quantitative estimate of drug-likeness (QED) is 0.932. The summed E-state index contributed by atoms with van der Waals surface area (Å²) in [6.45, 7) is 3.66. The Morgan fingerprint density at radius 2 is 1.94 bits per heavy atom. The number of aliphatic hydroxyl groups is 1. The molecule has 0 saturated heterocycles. The highest BCUT2D eigenvalue weighted by Gasteiger charge is 2.07. The molecule has 0 bridgehead atoms. The van der Waals surface area contributed by atoms with Crippen LogP contribution in [0.25, 0.3) is 0 Å². The van der Waals surface area contributed by atoms with E-state index in [2.05, 4.69) is 20.9 Å². The van der Waals surface area contributed by atoms with Crippen molar-refractivity contribution in [2.24, 2.45) is 0 Å². The van der Waals surface area contributed by atoms with Gasteiger partial charge in [0.1, 0.15) is 11.5 Å². The summed E-state index contributed by atoms with van der Waals surface area (Å²) < 4.78 is 6.50. The maximum atomic E-state index is 9.53. The van der Waals surface area contributed by atoms with Crippen molar-refractivity contribution < 1.29 is 9.84 Å². The normalized spacial score (nSPS) is 12.2. The molecule has 3 nitrogen and oxygen atoms in total. The van der Waals surface area contributed by atoms with E-state index in [9.17, 15) is 5.11 Å². The Morgan fingerprint density at radius 1 is 1.22 bits per heavy atom. The first kappa shape index (κ1) is 13.1. The van der Waals surface area contributed by atoms with Crippen LogP contribution in [0.5, 0.6) is 11.5 Å². The number of rotatable bonds is 3. The van der Waals surface area contributed by atoms with Gasteiger partial charge in [-0.3, -0.25) is 4.98 Å². The lowest BCUT2D eigenvalue weighted by Crippen LogP contribution is -1.93. The molecular weight excluding hydrogens is 294 g/mol. The third kappa shape index (κ3) is 3.09. The molecule has 18 heavy (non-hydrogen) atoms. The van der Waals surface area contributed by atoms with Gasteiger partial charge in [0.25, 0.3) is 0 Å². The van der Waals surface area contributed by atoms with Gasteiger partial charge in [0, 0.05) is 10.2 Å². The van der Waals surface area contributed by atoms with E-state index in [1.54, 1.807) is 13.1 Å². The van der Waals surface area contributed by atoms with Gasteiger partial charge in [-0.2, -0.15) is 0 Å². The summed E-state index contributed by atoms with van der Waals surface area (Å²) >= 11 is 3.42. The molecule has 1 aromatic heterocycles. The molecule has 0 radical (unpaired) electrons. The lowest BCUT2D eigenvalue weighted by Gasteiger charge is -2.10. The van der Waals surface area contributed by atoms with Crippen LogP contribution in [-0.4, -0.2) is 10.1 Å². The molecule has 0 fully saturated rings. The van der Waals surface area contributed by atoms with Gasteiger partial charge in [-0.1, -0.05) is 22.0 Å². The smallest absolute Gasteiger partial charge is 0.145 e. The third-order valence-electron chi connectivity index (χ3n) is 2.54. The highest BCUT2D eigenvalue weighted by atomic mass is 79.9. The second-order valence-corrected chi connectivity index (χ2v) is 4.95. The minimum Gasteiger partial charge on any atom is -0.456 e. The van der Waals surface area contributed by atoms with Crippen molar-refractivity contribution in [2.75, 3.05) is 0 Å². The molecule has 0 aliphatic heterocycles. The van der Waals surface area contributed by atoms with Crippen LogP contribution in [0.15, 0.2) is 41.0 Å². The van der Waals surface area contributed by atoms with Gasteiger partial charge in [0.2, 0.25) is 0 Å². The first-order chi connectivity index (χ1) is 8.56. The summed E-state index contributed by atoms with van der Waals surface area (Å²) in [7, 11) is 0. The third-order valence-corrected chi connectivity index (χ3v) is 3.23. The molecule has 0 amide bonds. The Hall–Kier alpha value is -1.39. The molecule has 4 heteroatoms. The van der Waals surface area contributed by atoms with Crippen molar-refractivity contribution >= 4 is 15.9 Å². The van der Waals surface area contributed by atoms with Gasteiger partial charge in [-0.05, 0) is 43.7 Å². The molecular formula is C14H14BrNO2. The first-order valence-corrected chi connectivity index (χ1v) is 6.43. The Bertz CT molecular complexity index is 538. The first-order valence-electron chi connectivity index (χ1n) is 5.64. The number of pyridine rings is 1. The number of hydrogen-bond donors (Lipinski definition) is 1. The van der Waals surface area contributed by atoms with Crippen LogP contribution in [0.2, 0.25) is 0 Å². The van der Waals surface area contributed by atoms with Crippen molar-refractivity contribution in [3.05, 3.63) is 52.3 Å². The largest absolute Gasteiger partial charge is 0.456 e. The van der Waals surface area contributed by atoms with Gasteiger partial charge in [-0.25, -0.2) is 0 Å². The second-order valence-electron chi connectivity index (χ2n) is 4.10. The van der Waals surface area contributed by atoms with E-state index in [0.717, 1.165) is 15.7 Å². The van der Waals surface area contributed by atoms with E-state index >= 15 is 0 Å². The van der Waals surface area contributed by atoms with E-state index in [0.29, 0.717) is 11.5 Å². The van der Waals surface area contributed by atoms with Crippen LogP contribution in [0.3, 0.4) is 0 Å². The predicted octanol–water partition coefficient (Wildman–Crippen LogP) is 4.00. The molecule has 1 atom stereocenters. The van der Waals surface area contributed by atoms with Crippen molar-refractivity contribution in [3.8, 4) is 11.5 Å². The molecule has 0 aliphatic carbocycles. The van der Waals surface area contributed by atoms with Crippen molar-refractivity contribution in [1.82, 2.24) is 4.98 Å². The maximum Gasteiger partial charge on any atom is 0.145 e. The monoisotopic (exact) mass is 307 g/mol. The van der Waals surface area contributed by atoms with E-state index in [1.807, 2.05) is 37.3 Å². The molecule has 2 aromatic rings. The highest BCUT2D eigenvalue weighted by molar-refractivity contribution is 9.10. The number of aromatic nitrogens is 1. The predicted molar refractivity (Wildman–Crippen MR) is 73.8 cm³/mol. The molecule has 2 rings (SSSR count). The number of nitrogens with zero attached hydrogens (tertiary/aromatic N) is 1. The van der Waals surface area contributed by atoms with Gasteiger partial charge in [0.05, 0.1) is 12.3 Å². The van der Waals surface area contributed by atoms with Gasteiger partial charge in [0.15, 0.2) is 0 Å². The molecule has 0 spiro atoms. The summed E-state index contributed by atoms with van der Waals surface area (Å²) in [4.78, 5) is 4.17. The molecule has 94 valence electrons. The Morgan fingerprint density at radius 3 is 2.50 bits per heavy atom. The van der Waals surface area contributed by atoms with Crippen LogP contribution >= 0.6 is 15.9 Å². The Labute approximate surface area is 115 Å². The second kappa shape index (κ2) is 5.50. The van der Waals surface area contributed by atoms with Crippen molar-refractivity contribution in [2.45, 2.75) is 20.0 Å². The topological polar surface area (TPSA) is 42.4 Å². The number of ether oxygens (including phenoxy) is 1. The minimum atomic E-state index is -0.505. The number of aliphatic hydroxyl groups excluding tert-OH is 1. The lowest BCUT2D eigenvalue weighted by molar-refractivity contribution is 0.198. The molecule has 1 heterocycles. The maximum absolute atomic E-state index is 9.53. The summed E-state index contributed by atoms with van der Waals surface area (Å²) in [5, 5.41) is 9.53. The number of hydrogen-bond acceptors (Lipinski definition) is 3. The fourth-order valence-electron chi connectivity index (χ4n) is 1.56. The SMILES string of the molecule is Cc1ccc(Oc2ccc([C@H](C)O)c(Br)c2)cn1. The van der Waals surface area contributed by atoms with Crippen LogP contribution < -0.4 is 4.74 Å². The van der Waals surface area contributed by atoms with Crippen LogP contribution in [0.1, 0.15) is 24.3 Å². The minimum absolute atomic E-state index is 0.505. The van der Waals surface area contributed by atoms with E-state index < -0.39 is 6.10 Å². The van der Waals surface area contributed by atoms with Gasteiger partial charge >= 0.3 is 0 Å². The molecule has 0 aliphatic rings. The summed E-state index contributed by atoms with van der Waals surface area (Å²) in [5.74, 6) is 1.40. The lowest BCUT2D eigenvalue weighted by atomic mass is 10.1. The fourth-order valence-corrected chi connectivity index (χ4v) is 2.25. The molecule has 0 saturated carbocycles. The standard InChI is InChI=1S/C14H14BrNO2/c1-9-3-4-12(8-16-9)18-11-5-6-13(10(2)17)14(15)7-11/h3-8,10,17H,1-2H3/t10-/m0/s1. The average molecular weight is 308 g/mol.